The van der Waals surface area contributed by atoms with Gasteiger partial charge in [0.15, 0.2) is 0 Å². The average molecular weight is 527 g/mol. The fourth-order valence-corrected chi connectivity index (χ4v) is 3.87. The Bertz CT molecular complexity index is 1440. The molecule has 0 spiro atoms. The van der Waals surface area contributed by atoms with Crippen molar-refractivity contribution in [3.05, 3.63) is 167 Å². The SMILES string of the molecule is CC.Cc1ccc(C)cc1.Cc1ccc(C)cc1.Cc1ccc2cc3ccccc3cc2c1.Cc1ccccc1. The van der Waals surface area contributed by atoms with Crippen LogP contribution in [0.15, 0.2) is 133 Å². The zero-order valence-electron chi connectivity index (χ0n) is 25.7. The number of benzene rings is 6. The standard InChI is InChI=1S/C15H12.2C8H10.C7H8.C2H6/c1-11-6-7-14-9-12-4-2-3-5-13(12)10-15(14)8-11;2*1-7-3-5-8(2)6-4-7;1-7-5-3-2-4-6-7;1-2/h2-10H,1H3;2*3-6H,1-2H3;2-6H,1H3;1-2H3. The molecule has 0 heterocycles. The summed E-state index contributed by atoms with van der Waals surface area (Å²) in [5, 5.41) is 5.28. The van der Waals surface area contributed by atoms with E-state index in [2.05, 4.69) is 157 Å². The van der Waals surface area contributed by atoms with E-state index in [0.29, 0.717) is 0 Å². The lowest BCUT2D eigenvalue weighted by Crippen LogP contribution is -1.77. The van der Waals surface area contributed by atoms with Gasteiger partial charge in [0.2, 0.25) is 0 Å². The molecule has 0 aliphatic rings. The van der Waals surface area contributed by atoms with Crippen LogP contribution in [-0.2, 0) is 0 Å². The molecule has 0 saturated heterocycles. The number of hydrogen-bond donors (Lipinski definition) is 0. The van der Waals surface area contributed by atoms with Crippen molar-refractivity contribution in [3.8, 4) is 0 Å². The van der Waals surface area contributed by atoms with Gasteiger partial charge in [-0.25, -0.2) is 0 Å². The second kappa shape index (κ2) is 17.4. The van der Waals surface area contributed by atoms with Crippen molar-refractivity contribution in [1.29, 1.82) is 0 Å². The molecule has 40 heavy (non-hydrogen) atoms. The molecule has 0 aliphatic carbocycles. The van der Waals surface area contributed by atoms with Crippen LogP contribution in [0.5, 0.6) is 0 Å². The Labute approximate surface area is 243 Å². The van der Waals surface area contributed by atoms with Gasteiger partial charge in [0.05, 0.1) is 0 Å². The maximum atomic E-state index is 2.26. The summed E-state index contributed by atoms with van der Waals surface area (Å²) in [5.41, 5.74) is 7.96. The summed E-state index contributed by atoms with van der Waals surface area (Å²) in [5.74, 6) is 0. The van der Waals surface area contributed by atoms with Gasteiger partial charge in [-0.3, -0.25) is 0 Å². The summed E-state index contributed by atoms with van der Waals surface area (Å²) >= 11 is 0. The third kappa shape index (κ3) is 11.7. The number of hydrogen-bond acceptors (Lipinski definition) is 0. The van der Waals surface area contributed by atoms with Gasteiger partial charge in [-0.15, -0.1) is 0 Å². The molecule has 0 fully saturated rings. The summed E-state index contributed by atoms with van der Waals surface area (Å²) in [7, 11) is 0. The fourth-order valence-electron chi connectivity index (χ4n) is 3.87. The van der Waals surface area contributed by atoms with E-state index in [9.17, 15) is 0 Å². The van der Waals surface area contributed by atoms with E-state index in [-0.39, 0.29) is 0 Å². The Hall–Kier alpha value is -4.16. The van der Waals surface area contributed by atoms with Crippen LogP contribution in [-0.4, -0.2) is 0 Å². The van der Waals surface area contributed by atoms with Gasteiger partial charge in [-0.2, -0.15) is 0 Å². The van der Waals surface area contributed by atoms with Crippen molar-refractivity contribution in [2.24, 2.45) is 0 Å². The molecule has 6 rings (SSSR count). The van der Waals surface area contributed by atoms with E-state index in [1.54, 1.807) is 0 Å². The van der Waals surface area contributed by atoms with Gasteiger partial charge < -0.3 is 0 Å². The van der Waals surface area contributed by atoms with Gasteiger partial charge >= 0.3 is 0 Å². The first-order chi connectivity index (χ1) is 19.3. The Morgan fingerprint density at radius 1 is 0.250 bits per heavy atom. The summed E-state index contributed by atoms with van der Waals surface area (Å²) < 4.78 is 0. The summed E-state index contributed by atoms with van der Waals surface area (Å²) in [6.45, 7) is 16.6. The van der Waals surface area contributed by atoms with Crippen molar-refractivity contribution in [3.63, 3.8) is 0 Å². The second-order valence-electron chi connectivity index (χ2n) is 10.0. The predicted molar refractivity (Wildman–Crippen MR) is 181 cm³/mol. The first-order valence-corrected chi connectivity index (χ1v) is 14.3. The van der Waals surface area contributed by atoms with E-state index in [4.69, 9.17) is 0 Å². The van der Waals surface area contributed by atoms with Gasteiger partial charge in [0.1, 0.15) is 0 Å². The number of rotatable bonds is 0. The Balaban J connectivity index is 0.000000194. The lowest BCUT2D eigenvalue weighted by molar-refractivity contribution is 1.40. The Morgan fingerprint density at radius 3 is 0.925 bits per heavy atom. The molecule has 0 nitrogen and oxygen atoms in total. The van der Waals surface area contributed by atoms with Crippen molar-refractivity contribution in [2.45, 2.75) is 55.4 Å². The summed E-state index contributed by atoms with van der Waals surface area (Å²) in [6.07, 6.45) is 0. The fraction of sp³-hybridized carbons (Fsp3) is 0.200. The normalized spacial score (nSPS) is 9.50. The highest BCUT2D eigenvalue weighted by atomic mass is 14.0. The average Bonchev–Trinajstić information content (AvgIpc) is 2.97. The molecular weight excluding hydrogens is 480 g/mol. The Morgan fingerprint density at radius 2 is 0.550 bits per heavy atom. The number of aryl methyl sites for hydroxylation is 6. The molecule has 0 unspecified atom stereocenters. The minimum absolute atomic E-state index is 1.31. The number of fused-ring (bicyclic) bond motifs is 2. The molecule has 0 atom stereocenters. The quantitative estimate of drug-likeness (QED) is 0.173. The van der Waals surface area contributed by atoms with Crippen molar-refractivity contribution in [2.75, 3.05) is 0 Å². The molecule has 0 amide bonds. The lowest BCUT2D eigenvalue weighted by atomic mass is 10.0. The largest absolute Gasteiger partial charge is 0.0683 e. The van der Waals surface area contributed by atoms with Gasteiger partial charge in [-0.1, -0.05) is 169 Å². The molecule has 0 aromatic heterocycles. The third-order valence-corrected chi connectivity index (χ3v) is 6.24. The first kappa shape index (κ1) is 32.1. The highest BCUT2D eigenvalue weighted by molar-refractivity contribution is 5.98. The highest BCUT2D eigenvalue weighted by Gasteiger charge is 1.97. The van der Waals surface area contributed by atoms with Gasteiger partial charge in [0.25, 0.3) is 0 Å². The van der Waals surface area contributed by atoms with E-state index >= 15 is 0 Å². The first-order valence-electron chi connectivity index (χ1n) is 14.3. The predicted octanol–water partition coefficient (Wildman–Crippen LogP) is 11.9. The van der Waals surface area contributed by atoms with Crippen molar-refractivity contribution < 1.29 is 0 Å². The van der Waals surface area contributed by atoms with Gasteiger partial charge in [-0.05, 0) is 75.2 Å². The van der Waals surface area contributed by atoms with Crippen LogP contribution >= 0.6 is 0 Å². The van der Waals surface area contributed by atoms with E-state index < -0.39 is 0 Å². The monoisotopic (exact) mass is 526 g/mol. The van der Waals surface area contributed by atoms with E-state index in [1.165, 1.54) is 54.9 Å². The maximum absolute atomic E-state index is 2.26. The van der Waals surface area contributed by atoms with Crippen LogP contribution in [0.3, 0.4) is 0 Å². The molecular formula is C40H46. The highest BCUT2D eigenvalue weighted by Crippen LogP contribution is 2.23. The molecule has 0 radical (unpaired) electrons. The van der Waals surface area contributed by atoms with Crippen LogP contribution in [0.2, 0.25) is 0 Å². The summed E-state index contributed by atoms with van der Waals surface area (Å²) in [6, 6.07) is 46.8. The molecule has 206 valence electrons. The van der Waals surface area contributed by atoms with Crippen LogP contribution in [0, 0.1) is 41.5 Å². The van der Waals surface area contributed by atoms with E-state index in [1.807, 2.05) is 32.0 Å². The van der Waals surface area contributed by atoms with Gasteiger partial charge in [0, 0.05) is 0 Å². The smallest absolute Gasteiger partial charge is 0.0175 e. The molecule has 6 aromatic rings. The van der Waals surface area contributed by atoms with E-state index in [0.717, 1.165) is 0 Å². The molecule has 6 aromatic carbocycles. The zero-order chi connectivity index (χ0) is 29.3. The minimum Gasteiger partial charge on any atom is -0.0683 e. The third-order valence-electron chi connectivity index (χ3n) is 6.24. The Kier molecular flexibility index (Phi) is 14.0. The van der Waals surface area contributed by atoms with Crippen molar-refractivity contribution >= 4 is 21.5 Å². The minimum atomic E-state index is 1.31. The molecule has 0 saturated carbocycles. The summed E-state index contributed by atoms with van der Waals surface area (Å²) in [4.78, 5) is 0. The van der Waals surface area contributed by atoms with Crippen LogP contribution < -0.4 is 0 Å². The molecule has 0 heteroatoms. The van der Waals surface area contributed by atoms with Crippen LogP contribution in [0.25, 0.3) is 21.5 Å². The van der Waals surface area contributed by atoms with Crippen molar-refractivity contribution in [1.82, 2.24) is 0 Å². The molecule has 0 aliphatic heterocycles. The molecule has 0 bridgehead atoms. The lowest BCUT2D eigenvalue weighted by Gasteiger charge is -2.02. The van der Waals surface area contributed by atoms with Crippen LogP contribution in [0.1, 0.15) is 47.2 Å². The zero-order valence-corrected chi connectivity index (χ0v) is 25.7. The molecule has 0 N–H and O–H groups in total. The topological polar surface area (TPSA) is 0 Å². The van der Waals surface area contributed by atoms with Crippen LogP contribution in [0.4, 0.5) is 0 Å². The maximum Gasteiger partial charge on any atom is -0.0175 e. The second-order valence-corrected chi connectivity index (χ2v) is 10.0.